The van der Waals surface area contributed by atoms with Crippen LogP contribution in [0.4, 0.5) is 5.95 Å². The summed E-state index contributed by atoms with van der Waals surface area (Å²) in [6.45, 7) is 3.92. The van der Waals surface area contributed by atoms with Crippen molar-refractivity contribution >= 4 is 33.9 Å². The Bertz CT molecular complexity index is 1320. The van der Waals surface area contributed by atoms with Crippen LogP contribution < -0.4 is 15.4 Å². The Balaban J connectivity index is 1.42. The van der Waals surface area contributed by atoms with Crippen LogP contribution >= 0.6 is 0 Å². The van der Waals surface area contributed by atoms with E-state index in [1.807, 2.05) is 38.4 Å². The molecule has 32 heavy (non-hydrogen) atoms. The average molecular weight is 435 g/mol. The fourth-order valence-corrected chi connectivity index (χ4v) is 4.48. The first-order valence-corrected chi connectivity index (χ1v) is 10.7. The number of nitrogens with zero attached hydrogens (tertiary/aromatic N) is 5. The summed E-state index contributed by atoms with van der Waals surface area (Å²) < 4.78 is 7.38. The Kier molecular flexibility index (Phi) is 4.72. The number of methoxy groups -OCH3 is 1. The van der Waals surface area contributed by atoms with Gasteiger partial charge in [-0.15, -0.1) is 5.10 Å². The monoisotopic (exact) mass is 434 g/mol. The van der Waals surface area contributed by atoms with E-state index in [4.69, 9.17) is 4.74 Å². The van der Waals surface area contributed by atoms with Crippen LogP contribution in [0.3, 0.4) is 0 Å². The Morgan fingerprint density at radius 3 is 2.91 bits per heavy atom. The van der Waals surface area contributed by atoms with Crippen LogP contribution in [-0.4, -0.2) is 54.5 Å². The minimum Gasteiger partial charge on any atom is -0.480 e. The quantitative estimate of drug-likeness (QED) is 0.426. The van der Waals surface area contributed by atoms with Gasteiger partial charge in [0, 0.05) is 36.8 Å². The molecule has 3 N–H and O–H groups in total. The number of hydrogen-bond donors (Lipinski definition) is 3. The van der Waals surface area contributed by atoms with E-state index in [9.17, 15) is 4.79 Å². The largest absolute Gasteiger partial charge is 0.480 e. The number of H-pyrrole nitrogens is 1. The Morgan fingerprint density at radius 1 is 1.34 bits per heavy atom. The molecule has 0 radical (unpaired) electrons. The smallest absolute Gasteiger partial charge is 0.228 e. The van der Waals surface area contributed by atoms with Crippen LogP contribution in [0.15, 0.2) is 24.4 Å². The highest BCUT2D eigenvalue weighted by Gasteiger charge is 2.41. The molecule has 166 valence electrons. The van der Waals surface area contributed by atoms with E-state index in [-0.39, 0.29) is 17.5 Å². The van der Waals surface area contributed by atoms with Gasteiger partial charge in [-0.1, -0.05) is 18.2 Å². The lowest BCUT2D eigenvalue weighted by Gasteiger charge is -2.45. The predicted octanol–water partition coefficient (Wildman–Crippen LogP) is 2.77. The van der Waals surface area contributed by atoms with Crippen LogP contribution in [0.2, 0.25) is 0 Å². The van der Waals surface area contributed by atoms with Gasteiger partial charge in [-0.05, 0) is 37.5 Å². The molecule has 1 aliphatic carbocycles. The molecule has 1 amide bonds. The zero-order valence-corrected chi connectivity index (χ0v) is 18.6. The second-order valence-corrected chi connectivity index (χ2v) is 8.61. The van der Waals surface area contributed by atoms with Crippen molar-refractivity contribution in [3.8, 4) is 17.0 Å². The van der Waals surface area contributed by atoms with Gasteiger partial charge in [0.05, 0.1) is 18.0 Å². The molecule has 5 rings (SSSR count). The summed E-state index contributed by atoms with van der Waals surface area (Å²) >= 11 is 0. The molecule has 4 aromatic rings. The number of aromatic amines is 1. The van der Waals surface area contributed by atoms with Crippen molar-refractivity contribution in [2.75, 3.05) is 12.4 Å². The molecule has 0 atom stereocenters. The highest BCUT2D eigenvalue weighted by molar-refractivity contribution is 5.99. The first-order valence-electron chi connectivity index (χ1n) is 10.7. The molecule has 10 heteroatoms. The number of rotatable bonds is 6. The number of anilines is 1. The lowest BCUT2D eigenvalue weighted by atomic mass is 9.74. The molecule has 1 saturated carbocycles. The number of benzene rings is 1. The Hall–Kier alpha value is -3.69. The number of aryl methyl sites for hydroxylation is 1. The maximum absolute atomic E-state index is 11.7. The molecule has 3 aromatic heterocycles. The maximum atomic E-state index is 11.7. The van der Waals surface area contributed by atoms with E-state index in [2.05, 4.69) is 42.8 Å². The number of ether oxygens (including phenoxy) is 1. The van der Waals surface area contributed by atoms with Gasteiger partial charge in [-0.3, -0.25) is 4.79 Å². The third-order valence-corrected chi connectivity index (χ3v) is 6.10. The topological polar surface area (TPSA) is 123 Å². The SMILES string of the molecule is CCC(=O)N[C@]1(C)C[C@@H](Nc2nc(OC)c3c(-c4ccc5nnn(C)c5c4)c[nH]c3n2)C1. The molecule has 1 aliphatic rings. The van der Waals surface area contributed by atoms with E-state index < -0.39 is 0 Å². The van der Waals surface area contributed by atoms with Crippen LogP contribution in [0.1, 0.15) is 33.1 Å². The van der Waals surface area contributed by atoms with Crippen molar-refractivity contribution in [3.63, 3.8) is 0 Å². The second-order valence-electron chi connectivity index (χ2n) is 8.61. The summed E-state index contributed by atoms with van der Waals surface area (Å²) in [7, 11) is 3.48. The van der Waals surface area contributed by atoms with Gasteiger partial charge in [0.25, 0.3) is 0 Å². The van der Waals surface area contributed by atoms with E-state index in [0.717, 1.165) is 40.4 Å². The van der Waals surface area contributed by atoms with Crippen LogP contribution in [-0.2, 0) is 11.8 Å². The lowest BCUT2D eigenvalue weighted by Crippen LogP contribution is -2.59. The number of carbonyl (C=O) groups excluding carboxylic acids is 1. The summed E-state index contributed by atoms with van der Waals surface area (Å²) in [5, 5.41) is 15.5. The molecular formula is C22H26N8O2. The molecule has 0 aliphatic heterocycles. The average Bonchev–Trinajstić information content (AvgIpc) is 3.35. The van der Waals surface area contributed by atoms with E-state index in [1.54, 1.807) is 11.8 Å². The zero-order chi connectivity index (χ0) is 22.5. The Morgan fingerprint density at radius 2 is 2.16 bits per heavy atom. The standard InChI is InChI=1S/C22H26N8O2/c1-5-17(31)27-22(2)9-13(10-22)24-21-25-19-18(20(26-21)32-4)14(11-23-19)12-6-7-15-16(8-12)30(3)29-28-15/h6-8,11,13H,5,9-10H2,1-4H3,(H,27,31)(H2,23,24,25,26)/t13-,22-. The Labute approximate surface area is 184 Å². The fraction of sp³-hybridized carbons (Fsp3) is 0.409. The molecule has 0 unspecified atom stereocenters. The maximum Gasteiger partial charge on any atom is 0.228 e. The molecule has 0 spiro atoms. The van der Waals surface area contributed by atoms with Crippen LogP contribution in [0, 0.1) is 0 Å². The number of carbonyl (C=O) groups is 1. The first kappa shape index (κ1) is 20.2. The fourth-order valence-electron chi connectivity index (χ4n) is 4.48. The molecular weight excluding hydrogens is 408 g/mol. The van der Waals surface area contributed by atoms with Crippen molar-refractivity contribution in [2.45, 2.75) is 44.7 Å². The van der Waals surface area contributed by atoms with Gasteiger partial charge in [0.1, 0.15) is 11.2 Å². The number of nitrogens with one attached hydrogen (secondary N) is 3. The van der Waals surface area contributed by atoms with E-state index >= 15 is 0 Å². The van der Waals surface area contributed by atoms with Gasteiger partial charge >= 0.3 is 0 Å². The minimum atomic E-state index is -0.183. The van der Waals surface area contributed by atoms with Gasteiger partial charge in [-0.25, -0.2) is 4.68 Å². The molecule has 0 bridgehead atoms. The molecule has 0 saturated heterocycles. The number of amides is 1. The van der Waals surface area contributed by atoms with Crippen molar-refractivity contribution in [1.29, 1.82) is 0 Å². The molecule has 1 aromatic carbocycles. The number of hydrogen-bond acceptors (Lipinski definition) is 7. The van der Waals surface area contributed by atoms with Gasteiger partial charge in [0.2, 0.25) is 17.7 Å². The first-order chi connectivity index (χ1) is 15.4. The van der Waals surface area contributed by atoms with Crippen molar-refractivity contribution in [3.05, 3.63) is 24.4 Å². The van der Waals surface area contributed by atoms with E-state index in [1.165, 1.54) is 0 Å². The molecule has 1 fully saturated rings. The summed E-state index contributed by atoms with van der Waals surface area (Å²) in [6.07, 6.45) is 4.04. The second kappa shape index (κ2) is 7.47. The van der Waals surface area contributed by atoms with Crippen LogP contribution in [0.5, 0.6) is 5.88 Å². The summed E-state index contributed by atoms with van der Waals surface area (Å²) in [6, 6.07) is 6.19. The van der Waals surface area contributed by atoms with Gasteiger partial charge in [0.15, 0.2) is 0 Å². The third kappa shape index (κ3) is 3.41. The lowest BCUT2D eigenvalue weighted by molar-refractivity contribution is -0.123. The van der Waals surface area contributed by atoms with Crippen molar-refractivity contribution in [2.24, 2.45) is 7.05 Å². The van der Waals surface area contributed by atoms with Crippen molar-refractivity contribution in [1.82, 2.24) is 35.3 Å². The predicted molar refractivity (Wildman–Crippen MR) is 121 cm³/mol. The third-order valence-electron chi connectivity index (χ3n) is 6.10. The number of aromatic nitrogens is 6. The summed E-state index contributed by atoms with van der Waals surface area (Å²) in [5.41, 5.74) is 4.24. The van der Waals surface area contributed by atoms with Gasteiger partial charge in [-0.2, -0.15) is 9.97 Å². The molecule has 3 heterocycles. The van der Waals surface area contributed by atoms with Crippen molar-refractivity contribution < 1.29 is 9.53 Å². The van der Waals surface area contributed by atoms with E-state index in [0.29, 0.717) is 23.9 Å². The minimum absolute atomic E-state index is 0.0734. The highest BCUT2D eigenvalue weighted by atomic mass is 16.5. The summed E-state index contributed by atoms with van der Waals surface area (Å²) in [4.78, 5) is 24.3. The molecule has 10 nitrogen and oxygen atoms in total. The normalized spacial score (nSPS) is 20.3. The van der Waals surface area contributed by atoms with Crippen LogP contribution in [0.25, 0.3) is 33.2 Å². The number of fused-ring (bicyclic) bond motifs is 2. The summed E-state index contributed by atoms with van der Waals surface area (Å²) in [5.74, 6) is 1.07. The highest BCUT2D eigenvalue weighted by Crippen LogP contribution is 2.37. The zero-order valence-electron chi connectivity index (χ0n) is 18.6. The van der Waals surface area contributed by atoms with Gasteiger partial charge < -0.3 is 20.4 Å².